The first kappa shape index (κ1) is 16.5. The molecule has 0 spiro atoms. The van der Waals surface area contributed by atoms with Crippen molar-refractivity contribution in [2.75, 3.05) is 0 Å². The fourth-order valence-electron chi connectivity index (χ4n) is 3.10. The van der Waals surface area contributed by atoms with Crippen molar-refractivity contribution >= 4 is 21.4 Å². The summed E-state index contributed by atoms with van der Waals surface area (Å²) in [5, 5.41) is 1.55. The Morgan fingerprint density at radius 2 is 1.81 bits per heavy atom. The van der Waals surface area contributed by atoms with Crippen LogP contribution in [0.3, 0.4) is 0 Å². The molecule has 2 aromatic rings. The van der Waals surface area contributed by atoms with E-state index in [0.29, 0.717) is 0 Å². The molecule has 116 valence electrons. The molecule has 1 aromatic carbocycles. The molecular weight excluding hydrogens is 272 g/mol. The minimum absolute atomic E-state index is 0.720. The first-order chi connectivity index (χ1) is 9.92. The summed E-state index contributed by atoms with van der Waals surface area (Å²) in [6.07, 6.45) is 5.06. The molecule has 0 aliphatic carbocycles. The molecule has 1 heterocycles. The van der Waals surface area contributed by atoms with E-state index in [2.05, 4.69) is 53.7 Å². The summed E-state index contributed by atoms with van der Waals surface area (Å²) in [5.74, 6) is 1.56. The molecule has 0 bridgehead atoms. The van der Waals surface area contributed by atoms with Crippen molar-refractivity contribution in [1.29, 1.82) is 0 Å². The monoisotopic (exact) mass is 302 g/mol. The van der Waals surface area contributed by atoms with Crippen molar-refractivity contribution in [3.8, 4) is 0 Å². The van der Waals surface area contributed by atoms with Gasteiger partial charge in [0.25, 0.3) is 0 Å². The predicted molar refractivity (Wildman–Crippen MR) is 97.6 cm³/mol. The number of fused-ring (bicyclic) bond motifs is 1. The standard InChI is InChI=1S/C20H30S/c1-7-14(4)8-9-18-16(6)20-17(10-13(2)3)11-15(5)12-19(20)21-18/h11-14H,7-10H2,1-6H3. The Hall–Kier alpha value is -0.820. The van der Waals surface area contributed by atoms with Crippen molar-refractivity contribution in [1.82, 2.24) is 0 Å². The van der Waals surface area contributed by atoms with Crippen molar-refractivity contribution in [2.45, 2.75) is 67.2 Å². The molecule has 0 aliphatic rings. The predicted octanol–water partition coefficient (Wildman–Crippen LogP) is 6.70. The maximum Gasteiger partial charge on any atom is 0.0353 e. The van der Waals surface area contributed by atoms with Gasteiger partial charge in [-0.1, -0.05) is 40.2 Å². The van der Waals surface area contributed by atoms with Crippen LogP contribution in [0.25, 0.3) is 10.1 Å². The van der Waals surface area contributed by atoms with Gasteiger partial charge in [-0.2, -0.15) is 0 Å². The second kappa shape index (κ2) is 6.96. The summed E-state index contributed by atoms with van der Waals surface area (Å²) in [6, 6.07) is 4.78. The van der Waals surface area contributed by atoms with E-state index in [9.17, 15) is 0 Å². The third kappa shape index (κ3) is 3.88. The van der Waals surface area contributed by atoms with E-state index in [0.717, 1.165) is 11.8 Å². The first-order valence-corrected chi connectivity index (χ1v) is 9.25. The maximum atomic E-state index is 2.40. The van der Waals surface area contributed by atoms with Gasteiger partial charge in [0.2, 0.25) is 0 Å². The van der Waals surface area contributed by atoms with Crippen molar-refractivity contribution in [2.24, 2.45) is 11.8 Å². The third-order valence-electron chi connectivity index (χ3n) is 4.54. The van der Waals surface area contributed by atoms with E-state index in [-0.39, 0.29) is 0 Å². The zero-order valence-electron chi connectivity index (χ0n) is 14.5. The Morgan fingerprint density at radius 3 is 2.43 bits per heavy atom. The topological polar surface area (TPSA) is 0 Å². The molecule has 1 aromatic heterocycles. The highest BCUT2D eigenvalue weighted by Crippen LogP contribution is 2.36. The zero-order chi connectivity index (χ0) is 15.6. The molecule has 21 heavy (non-hydrogen) atoms. The van der Waals surface area contributed by atoms with E-state index >= 15 is 0 Å². The maximum absolute atomic E-state index is 2.40. The smallest absolute Gasteiger partial charge is 0.0353 e. The van der Waals surface area contributed by atoms with Gasteiger partial charge in [0, 0.05) is 9.58 Å². The fourth-order valence-corrected chi connectivity index (χ4v) is 4.47. The second-order valence-corrected chi connectivity index (χ2v) is 8.23. The summed E-state index contributed by atoms with van der Waals surface area (Å²) in [6.45, 7) is 13.9. The molecule has 0 nitrogen and oxygen atoms in total. The van der Waals surface area contributed by atoms with Crippen LogP contribution >= 0.6 is 11.3 Å². The van der Waals surface area contributed by atoms with E-state index in [1.807, 2.05) is 11.3 Å². The lowest BCUT2D eigenvalue weighted by Gasteiger charge is -2.10. The molecule has 0 saturated carbocycles. The molecule has 0 N–H and O–H groups in total. The fraction of sp³-hybridized carbons (Fsp3) is 0.600. The van der Waals surface area contributed by atoms with Gasteiger partial charge < -0.3 is 0 Å². The number of aryl methyl sites for hydroxylation is 3. The number of thiophene rings is 1. The SMILES string of the molecule is CCC(C)CCc1sc2cc(C)cc(CC(C)C)c2c1C. The molecule has 0 amide bonds. The quantitative estimate of drug-likeness (QED) is 0.557. The Morgan fingerprint density at radius 1 is 1.10 bits per heavy atom. The van der Waals surface area contributed by atoms with Crippen LogP contribution in [-0.2, 0) is 12.8 Å². The van der Waals surface area contributed by atoms with Crippen molar-refractivity contribution < 1.29 is 0 Å². The van der Waals surface area contributed by atoms with Gasteiger partial charge in [0.15, 0.2) is 0 Å². The Kier molecular flexibility index (Phi) is 5.48. The Labute approximate surface area is 134 Å². The zero-order valence-corrected chi connectivity index (χ0v) is 15.4. The van der Waals surface area contributed by atoms with Crippen LogP contribution in [0.15, 0.2) is 12.1 Å². The second-order valence-electron chi connectivity index (χ2n) is 7.10. The summed E-state index contributed by atoms with van der Waals surface area (Å²) >= 11 is 2.03. The Bertz CT molecular complexity index is 604. The largest absolute Gasteiger partial charge is 0.140 e. The lowest BCUT2D eigenvalue weighted by molar-refractivity contribution is 0.518. The van der Waals surface area contributed by atoms with Gasteiger partial charge in [-0.3, -0.25) is 0 Å². The molecule has 1 unspecified atom stereocenters. The summed E-state index contributed by atoms with van der Waals surface area (Å²) in [4.78, 5) is 1.61. The number of hydrogen-bond donors (Lipinski definition) is 0. The van der Waals surface area contributed by atoms with Crippen LogP contribution in [0.2, 0.25) is 0 Å². The molecular formula is C20H30S. The van der Waals surface area contributed by atoms with Crippen LogP contribution in [0.4, 0.5) is 0 Å². The minimum atomic E-state index is 0.720. The average Bonchev–Trinajstić information content (AvgIpc) is 2.71. The molecule has 1 atom stereocenters. The molecule has 0 fully saturated rings. The Balaban J connectivity index is 2.40. The van der Waals surface area contributed by atoms with Gasteiger partial charge in [-0.05, 0) is 73.1 Å². The van der Waals surface area contributed by atoms with Crippen LogP contribution in [-0.4, -0.2) is 0 Å². The number of hydrogen-bond acceptors (Lipinski definition) is 1. The lowest BCUT2D eigenvalue weighted by Crippen LogP contribution is -1.97. The summed E-state index contributed by atoms with van der Waals surface area (Å²) in [5.41, 5.74) is 4.52. The highest BCUT2D eigenvalue weighted by Gasteiger charge is 2.14. The van der Waals surface area contributed by atoms with Gasteiger partial charge in [-0.25, -0.2) is 0 Å². The van der Waals surface area contributed by atoms with Gasteiger partial charge in [0.1, 0.15) is 0 Å². The van der Waals surface area contributed by atoms with Crippen LogP contribution in [0, 0.1) is 25.7 Å². The minimum Gasteiger partial charge on any atom is -0.140 e. The van der Waals surface area contributed by atoms with E-state index in [1.54, 1.807) is 21.4 Å². The van der Waals surface area contributed by atoms with Crippen molar-refractivity contribution in [3.63, 3.8) is 0 Å². The molecule has 0 radical (unpaired) electrons. The molecule has 2 rings (SSSR count). The van der Waals surface area contributed by atoms with Crippen LogP contribution in [0.1, 0.15) is 62.1 Å². The average molecular weight is 303 g/mol. The summed E-state index contributed by atoms with van der Waals surface area (Å²) < 4.78 is 1.50. The molecule has 1 heteroatoms. The molecule has 0 saturated heterocycles. The number of rotatable bonds is 6. The highest BCUT2D eigenvalue weighted by atomic mass is 32.1. The van der Waals surface area contributed by atoms with Crippen LogP contribution < -0.4 is 0 Å². The van der Waals surface area contributed by atoms with E-state index in [4.69, 9.17) is 0 Å². The third-order valence-corrected chi connectivity index (χ3v) is 5.84. The van der Waals surface area contributed by atoms with Crippen LogP contribution in [0.5, 0.6) is 0 Å². The molecule has 0 aliphatic heterocycles. The van der Waals surface area contributed by atoms with Gasteiger partial charge in [0.05, 0.1) is 0 Å². The highest BCUT2D eigenvalue weighted by molar-refractivity contribution is 7.19. The van der Waals surface area contributed by atoms with Crippen molar-refractivity contribution in [3.05, 3.63) is 33.7 Å². The first-order valence-electron chi connectivity index (χ1n) is 8.43. The van der Waals surface area contributed by atoms with Gasteiger partial charge >= 0.3 is 0 Å². The van der Waals surface area contributed by atoms with E-state index < -0.39 is 0 Å². The van der Waals surface area contributed by atoms with E-state index in [1.165, 1.54) is 35.9 Å². The van der Waals surface area contributed by atoms with Gasteiger partial charge in [-0.15, -0.1) is 11.3 Å². The lowest BCUT2D eigenvalue weighted by atomic mass is 9.94. The summed E-state index contributed by atoms with van der Waals surface area (Å²) in [7, 11) is 0. The normalized spacial score (nSPS) is 13.3. The number of benzene rings is 1.